The van der Waals surface area contributed by atoms with E-state index in [0.29, 0.717) is 23.1 Å². The number of aromatic nitrogens is 2. The fraction of sp³-hybridized carbons (Fsp3) is 0.400. The molecule has 0 aliphatic carbocycles. The Bertz CT molecular complexity index is 600. The Balaban J connectivity index is 0.00000220. The summed E-state index contributed by atoms with van der Waals surface area (Å²) in [6, 6.07) is 5.42. The minimum absolute atomic E-state index is 0. The Morgan fingerprint density at radius 3 is 2.52 bits per heavy atom. The first-order valence-electron chi connectivity index (χ1n) is 6.88. The Hall–Kier alpha value is -1.72. The number of nitrogens with zero attached hydrogens (tertiary/aromatic N) is 2. The van der Waals surface area contributed by atoms with Gasteiger partial charge in [-0.15, -0.1) is 12.4 Å². The molecule has 1 amide bonds. The Labute approximate surface area is 130 Å². The van der Waals surface area contributed by atoms with Crippen LogP contribution in [0.2, 0.25) is 0 Å². The van der Waals surface area contributed by atoms with Crippen molar-refractivity contribution in [1.82, 2.24) is 15.3 Å². The van der Waals surface area contributed by atoms with Crippen molar-refractivity contribution in [2.24, 2.45) is 5.73 Å². The molecule has 0 saturated heterocycles. The van der Waals surface area contributed by atoms with E-state index in [4.69, 9.17) is 5.73 Å². The number of nitrogens with two attached hydrogens (primary N) is 1. The molecule has 0 fully saturated rings. The van der Waals surface area contributed by atoms with Crippen LogP contribution in [0.5, 0.6) is 0 Å². The van der Waals surface area contributed by atoms with Crippen molar-refractivity contribution >= 4 is 29.3 Å². The third kappa shape index (κ3) is 3.49. The van der Waals surface area contributed by atoms with Crippen LogP contribution in [0.1, 0.15) is 37.0 Å². The molecule has 1 aromatic carbocycles. The number of para-hydroxylation sites is 1. The summed E-state index contributed by atoms with van der Waals surface area (Å²) in [5.74, 6) is -0.148. The lowest BCUT2D eigenvalue weighted by atomic mass is 9.92. The molecule has 0 saturated carbocycles. The molecule has 0 bridgehead atoms. The number of amides is 1. The quantitative estimate of drug-likeness (QED) is 0.888. The van der Waals surface area contributed by atoms with E-state index in [1.807, 2.05) is 26.0 Å². The molecule has 5 nitrogen and oxygen atoms in total. The second-order valence-corrected chi connectivity index (χ2v) is 4.88. The lowest BCUT2D eigenvalue weighted by Crippen LogP contribution is -2.52. The van der Waals surface area contributed by atoms with Gasteiger partial charge in [-0.1, -0.05) is 19.9 Å². The van der Waals surface area contributed by atoms with Gasteiger partial charge in [0.2, 0.25) is 0 Å². The molecule has 2 aromatic rings. The summed E-state index contributed by atoms with van der Waals surface area (Å²) < 4.78 is 0. The third-order valence-corrected chi connectivity index (χ3v) is 3.87. The number of carbonyl (C=O) groups is 1. The highest BCUT2D eigenvalue weighted by Gasteiger charge is 2.27. The molecule has 0 aliphatic heterocycles. The second kappa shape index (κ2) is 7.33. The number of hydrogen-bond acceptors (Lipinski definition) is 4. The highest BCUT2D eigenvalue weighted by Crippen LogP contribution is 2.18. The predicted molar refractivity (Wildman–Crippen MR) is 86.6 cm³/mol. The monoisotopic (exact) mass is 308 g/mol. The van der Waals surface area contributed by atoms with Crippen LogP contribution in [0.15, 0.2) is 30.6 Å². The van der Waals surface area contributed by atoms with Crippen molar-refractivity contribution in [1.29, 1.82) is 0 Å². The number of benzene rings is 1. The summed E-state index contributed by atoms with van der Waals surface area (Å²) in [6.45, 7) is 4.47. The minimum atomic E-state index is -0.360. The van der Waals surface area contributed by atoms with Gasteiger partial charge in [0.05, 0.1) is 16.6 Å². The summed E-state index contributed by atoms with van der Waals surface area (Å²) >= 11 is 0. The van der Waals surface area contributed by atoms with Gasteiger partial charge < -0.3 is 11.1 Å². The second-order valence-electron chi connectivity index (χ2n) is 4.88. The summed E-state index contributed by atoms with van der Waals surface area (Å²) in [6.07, 6.45) is 4.80. The fourth-order valence-electron chi connectivity index (χ4n) is 2.25. The van der Waals surface area contributed by atoms with E-state index in [1.54, 1.807) is 18.5 Å². The first-order chi connectivity index (χ1) is 9.65. The normalized spacial score (nSPS) is 11.0. The number of carbonyl (C=O) groups excluding carboxylic acids is 1. The van der Waals surface area contributed by atoms with Gasteiger partial charge in [-0.25, -0.2) is 0 Å². The highest BCUT2D eigenvalue weighted by molar-refractivity contribution is 6.04. The number of rotatable bonds is 5. The average molecular weight is 309 g/mol. The van der Waals surface area contributed by atoms with E-state index in [0.717, 1.165) is 12.8 Å². The molecule has 21 heavy (non-hydrogen) atoms. The Kier molecular flexibility index (Phi) is 6.05. The first kappa shape index (κ1) is 17.3. The average Bonchev–Trinajstić information content (AvgIpc) is 2.52. The lowest BCUT2D eigenvalue weighted by molar-refractivity contribution is 0.0897. The van der Waals surface area contributed by atoms with Gasteiger partial charge in [-0.3, -0.25) is 14.8 Å². The summed E-state index contributed by atoms with van der Waals surface area (Å²) in [7, 11) is 0. The van der Waals surface area contributed by atoms with E-state index in [9.17, 15) is 4.79 Å². The molecule has 1 aromatic heterocycles. The minimum Gasteiger partial charge on any atom is -0.345 e. The highest BCUT2D eigenvalue weighted by atomic mass is 35.5. The maximum atomic E-state index is 12.5. The van der Waals surface area contributed by atoms with Gasteiger partial charge >= 0.3 is 0 Å². The predicted octanol–water partition coefficient (Wildman–Crippen LogP) is 2.30. The maximum absolute atomic E-state index is 12.5. The van der Waals surface area contributed by atoms with E-state index in [2.05, 4.69) is 15.3 Å². The van der Waals surface area contributed by atoms with Crippen LogP contribution in [0.3, 0.4) is 0 Å². The molecule has 2 rings (SSSR count). The van der Waals surface area contributed by atoms with Gasteiger partial charge in [0.25, 0.3) is 5.91 Å². The molecule has 6 heteroatoms. The Morgan fingerprint density at radius 2 is 1.90 bits per heavy atom. The zero-order chi connectivity index (χ0) is 14.6. The van der Waals surface area contributed by atoms with E-state index >= 15 is 0 Å². The summed E-state index contributed by atoms with van der Waals surface area (Å²) in [4.78, 5) is 21.0. The summed E-state index contributed by atoms with van der Waals surface area (Å²) in [5.41, 5.74) is 7.33. The van der Waals surface area contributed by atoms with E-state index in [1.165, 1.54) is 0 Å². The lowest BCUT2D eigenvalue weighted by Gasteiger charge is -2.31. The van der Waals surface area contributed by atoms with Crippen molar-refractivity contribution in [2.45, 2.75) is 32.2 Å². The van der Waals surface area contributed by atoms with E-state index < -0.39 is 0 Å². The van der Waals surface area contributed by atoms with Crippen molar-refractivity contribution in [2.75, 3.05) is 6.54 Å². The molecule has 0 unspecified atom stereocenters. The van der Waals surface area contributed by atoms with Gasteiger partial charge in [-0.2, -0.15) is 0 Å². The topological polar surface area (TPSA) is 80.9 Å². The van der Waals surface area contributed by atoms with Gasteiger partial charge in [0, 0.05) is 18.9 Å². The molecular formula is C15H21ClN4O. The fourth-order valence-corrected chi connectivity index (χ4v) is 2.25. The number of fused-ring (bicyclic) bond motifs is 1. The Morgan fingerprint density at radius 1 is 1.24 bits per heavy atom. The smallest absolute Gasteiger partial charge is 0.254 e. The molecule has 3 N–H and O–H groups in total. The molecule has 0 atom stereocenters. The third-order valence-electron chi connectivity index (χ3n) is 3.87. The van der Waals surface area contributed by atoms with Crippen LogP contribution >= 0.6 is 12.4 Å². The zero-order valence-electron chi connectivity index (χ0n) is 12.3. The van der Waals surface area contributed by atoms with Crippen molar-refractivity contribution < 1.29 is 4.79 Å². The van der Waals surface area contributed by atoms with Crippen molar-refractivity contribution in [3.8, 4) is 0 Å². The van der Waals surface area contributed by atoms with Gasteiger partial charge in [-0.05, 0) is 25.0 Å². The summed E-state index contributed by atoms with van der Waals surface area (Å²) in [5, 5.41) is 3.06. The largest absolute Gasteiger partial charge is 0.345 e. The van der Waals surface area contributed by atoms with Crippen LogP contribution in [0.25, 0.3) is 11.0 Å². The number of halogens is 1. The maximum Gasteiger partial charge on any atom is 0.254 e. The van der Waals surface area contributed by atoms with Gasteiger partial charge in [0.15, 0.2) is 0 Å². The van der Waals surface area contributed by atoms with Crippen LogP contribution in [-0.4, -0.2) is 28.0 Å². The molecule has 0 aliphatic rings. The molecule has 1 heterocycles. The van der Waals surface area contributed by atoms with Crippen LogP contribution in [0.4, 0.5) is 0 Å². The molecule has 0 spiro atoms. The van der Waals surface area contributed by atoms with Crippen molar-refractivity contribution in [3.63, 3.8) is 0 Å². The first-order valence-corrected chi connectivity index (χ1v) is 6.88. The van der Waals surface area contributed by atoms with Crippen LogP contribution in [0, 0.1) is 0 Å². The van der Waals surface area contributed by atoms with Gasteiger partial charge in [0.1, 0.15) is 5.52 Å². The zero-order valence-corrected chi connectivity index (χ0v) is 13.1. The van der Waals surface area contributed by atoms with E-state index in [-0.39, 0.29) is 23.9 Å². The van der Waals surface area contributed by atoms with Crippen LogP contribution < -0.4 is 11.1 Å². The number of hydrogen-bond donors (Lipinski definition) is 2. The molecule has 114 valence electrons. The number of nitrogens with one attached hydrogen (secondary N) is 1. The SMILES string of the molecule is CCC(CC)(CN)NC(=O)c1cccc2nccnc12.Cl. The molecular weight excluding hydrogens is 288 g/mol. The standard InChI is InChI=1S/C15H20N4O.ClH/c1-3-15(4-2,10-16)19-14(20)11-6-5-7-12-13(11)18-9-8-17-12;/h5-9H,3-4,10,16H2,1-2H3,(H,19,20);1H. The van der Waals surface area contributed by atoms with Crippen molar-refractivity contribution in [3.05, 3.63) is 36.2 Å². The molecule has 0 radical (unpaired) electrons. The van der Waals surface area contributed by atoms with Crippen LogP contribution in [-0.2, 0) is 0 Å².